The number of thiophene rings is 1. The lowest BCUT2D eigenvalue weighted by Crippen LogP contribution is -2.36. The predicted molar refractivity (Wildman–Crippen MR) is 94.5 cm³/mol. The summed E-state index contributed by atoms with van der Waals surface area (Å²) < 4.78 is 5.69. The van der Waals surface area contributed by atoms with E-state index in [9.17, 15) is 4.79 Å². The van der Waals surface area contributed by atoms with E-state index in [0.717, 1.165) is 24.3 Å². The number of rotatable bonds is 5. The van der Waals surface area contributed by atoms with Gasteiger partial charge in [0.15, 0.2) is 0 Å². The zero-order valence-electron chi connectivity index (χ0n) is 12.5. The Morgan fingerprint density at radius 3 is 2.83 bits per heavy atom. The summed E-state index contributed by atoms with van der Waals surface area (Å²) in [5, 5.41) is 2.86. The average Bonchev–Trinajstić information content (AvgIpc) is 3.22. The van der Waals surface area contributed by atoms with Crippen molar-refractivity contribution in [1.29, 1.82) is 0 Å². The summed E-state index contributed by atoms with van der Waals surface area (Å²) in [5.74, 6) is -0.0486. The fourth-order valence-electron chi connectivity index (χ4n) is 2.66. The van der Waals surface area contributed by atoms with E-state index >= 15 is 0 Å². The van der Waals surface area contributed by atoms with Crippen LogP contribution in [0.4, 0.5) is 0 Å². The summed E-state index contributed by atoms with van der Waals surface area (Å²) in [5.41, 5.74) is 0.550. The molecule has 2 aromatic rings. The number of hydrogen-bond donors (Lipinski definition) is 0. The smallest absolute Gasteiger partial charge is 0.254 e. The summed E-state index contributed by atoms with van der Waals surface area (Å²) in [6, 6.07) is 9.03. The van der Waals surface area contributed by atoms with Crippen molar-refractivity contribution in [2.24, 2.45) is 0 Å². The van der Waals surface area contributed by atoms with E-state index < -0.39 is 0 Å². The van der Waals surface area contributed by atoms with Crippen LogP contribution in [0.25, 0.3) is 0 Å². The zero-order valence-corrected chi connectivity index (χ0v) is 14.8. The van der Waals surface area contributed by atoms with E-state index in [1.54, 1.807) is 29.5 Å². The molecular formula is C17H17Cl2NO2S. The van der Waals surface area contributed by atoms with Crippen LogP contribution in [0.3, 0.4) is 0 Å². The molecule has 0 saturated carbocycles. The molecular weight excluding hydrogens is 353 g/mol. The van der Waals surface area contributed by atoms with Crippen molar-refractivity contribution in [3.05, 3.63) is 56.2 Å². The minimum Gasteiger partial charge on any atom is -0.376 e. The number of amides is 1. The molecule has 6 heteroatoms. The molecule has 1 unspecified atom stereocenters. The van der Waals surface area contributed by atoms with E-state index in [2.05, 4.69) is 0 Å². The van der Waals surface area contributed by atoms with Crippen LogP contribution in [0.2, 0.25) is 10.0 Å². The highest BCUT2D eigenvalue weighted by Gasteiger charge is 2.24. The standard InChI is InChI=1S/C17H17Cl2NO2S/c18-15-6-5-12(9-16(15)19)17(21)20(10-13-3-1-7-22-13)11-14-4-2-8-23-14/h2,4-6,8-9,13H,1,3,7,10-11H2. The number of ether oxygens (including phenoxy) is 1. The van der Waals surface area contributed by atoms with Crippen molar-refractivity contribution in [2.75, 3.05) is 13.2 Å². The van der Waals surface area contributed by atoms with E-state index in [1.165, 1.54) is 0 Å². The van der Waals surface area contributed by atoms with Gasteiger partial charge in [-0.2, -0.15) is 0 Å². The van der Waals surface area contributed by atoms with Crippen LogP contribution < -0.4 is 0 Å². The maximum Gasteiger partial charge on any atom is 0.254 e. The normalized spacial score (nSPS) is 17.4. The largest absolute Gasteiger partial charge is 0.376 e. The topological polar surface area (TPSA) is 29.5 Å². The van der Waals surface area contributed by atoms with Crippen LogP contribution in [0.5, 0.6) is 0 Å². The zero-order chi connectivity index (χ0) is 16.2. The number of carbonyl (C=O) groups is 1. The van der Waals surface area contributed by atoms with Gasteiger partial charge in [0.25, 0.3) is 5.91 Å². The van der Waals surface area contributed by atoms with Gasteiger partial charge >= 0.3 is 0 Å². The van der Waals surface area contributed by atoms with Gasteiger partial charge in [0, 0.05) is 23.6 Å². The molecule has 3 nitrogen and oxygen atoms in total. The molecule has 23 heavy (non-hydrogen) atoms. The van der Waals surface area contributed by atoms with Crippen LogP contribution in [0, 0.1) is 0 Å². The quantitative estimate of drug-likeness (QED) is 0.751. The van der Waals surface area contributed by atoms with Crippen LogP contribution >= 0.6 is 34.5 Å². The Hall–Kier alpha value is -1.07. The first-order valence-corrected chi connectivity index (χ1v) is 9.15. The van der Waals surface area contributed by atoms with Crippen molar-refractivity contribution in [3.63, 3.8) is 0 Å². The molecule has 1 atom stereocenters. The van der Waals surface area contributed by atoms with Gasteiger partial charge in [0.1, 0.15) is 0 Å². The minimum atomic E-state index is -0.0486. The molecule has 3 rings (SSSR count). The summed E-state index contributed by atoms with van der Waals surface area (Å²) >= 11 is 13.6. The Balaban J connectivity index is 1.80. The second-order valence-corrected chi connectivity index (χ2v) is 7.38. The van der Waals surface area contributed by atoms with E-state index in [-0.39, 0.29) is 12.0 Å². The molecule has 0 radical (unpaired) electrons. The number of hydrogen-bond acceptors (Lipinski definition) is 3. The number of halogens is 2. The Labute approximate surface area is 149 Å². The Morgan fingerprint density at radius 1 is 1.30 bits per heavy atom. The first kappa shape index (κ1) is 16.8. The molecule has 2 heterocycles. The summed E-state index contributed by atoms with van der Waals surface area (Å²) in [6.07, 6.45) is 2.16. The van der Waals surface area contributed by atoms with Crippen LogP contribution in [-0.2, 0) is 11.3 Å². The van der Waals surface area contributed by atoms with E-state index in [0.29, 0.717) is 28.7 Å². The maximum atomic E-state index is 12.9. The van der Waals surface area contributed by atoms with Crippen molar-refractivity contribution >= 4 is 40.4 Å². The van der Waals surface area contributed by atoms with Crippen LogP contribution in [0.15, 0.2) is 35.7 Å². The molecule has 122 valence electrons. The lowest BCUT2D eigenvalue weighted by Gasteiger charge is -2.25. The Morgan fingerprint density at radius 2 is 2.17 bits per heavy atom. The van der Waals surface area contributed by atoms with Crippen molar-refractivity contribution < 1.29 is 9.53 Å². The van der Waals surface area contributed by atoms with Crippen molar-refractivity contribution in [3.8, 4) is 0 Å². The van der Waals surface area contributed by atoms with Gasteiger partial charge in [0.05, 0.1) is 22.7 Å². The highest BCUT2D eigenvalue weighted by atomic mass is 35.5. The lowest BCUT2D eigenvalue weighted by molar-refractivity contribution is 0.0509. The molecule has 0 N–H and O–H groups in total. The minimum absolute atomic E-state index is 0.0486. The highest BCUT2D eigenvalue weighted by molar-refractivity contribution is 7.09. The third kappa shape index (κ3) is 4.27. The van der Waals surface area contributed by atoms with Crippen molar-refractivity contribution in [2.45, 2.75) is 25.5 Å². The molecule has 1 amide bonds. The van der Waals surface area contributed by atoms with Crippen molar-refractivity contribution in [1.82, 2.24) is 4.90 Å². The van der Waals surface area contributed by atoms with E-state index in [4.69, 9.17) is 27.9 Å². The van der Waals surface area contributed by atoms with Gasteiger partial charge in [-0.05, 0) is 42.5 Å². The predicted octanol–water partition coefficient (Wildman–Crippen LogP) is 4.88. The third-order valence-corrected chi connectivity index (χ3v) is 5.43. The molecule has 0 aliphatic carbocycles. The first-order valence-electron chi connectivity index (χ1n) is 7.52. The Kier molecular flexibility index (Phi) is 5.59. The SMILES string of the molecule is O=C(c1ccc(Cl)c(Cl)c1)N(Cc1cccs1)CC1CCCO1. The summed E-state index contributed by atoms with van der Waals surface area (Å²) in [4.78, 5) is 15.9. The van der Waals surface area contributed by atoms with Crippen LogP contribution in [-0.4, -0.2) is 30.1 Å². The summed E-state index contributed by atoms with van der Waals surface area (Å²) in [7, 11) is 0. The molecule has 1 saturated heterocycles. The fraction of sp³-hybridized carbons (Fsp3) is 0.353. The molecule has 1 aliphatic heterocycles. The first-order chi connectivity index (χ1) is 11.1. The molecule has 0 spiro atoms. The second-order valence-electron chi connectivity index (χ2n) is 5.53. The van der Waals surface area contributed by atoms with Gasteiger partial charge in [-0.1, -0.05) is 29.3 Å². The second kappa shape index (κ2) is 7.67. The number of carbonyl (C=O) groups excluding carboxylic acids is 1. The summed E-state index contributed by atoms with van der Waals surface area (Å²) in [6.45, 7) is 1.95. The number of benzene rings is 1. The van der Waals surface area contributed by atoms with Gasteiger partial charge in [-0.15, -0.1) is 11.3 Å². The fourth-order valence-corrected chi connectivity index (χ4v) is 3.67. The highest BCUT2D eigenvalue weighted by Crippen LogP contribution is 2.25. The molecule has 1 aliphatic rings. The number of nitrogens with zero attached hydrogens (tertiary/aromatic N) is 1. The van der Waals surface area contributed by atoms with Gasteiger partial charge in [0.2, 0.25) is 0 Å². The van der Waals surface area contributed by atoms with Crippen LogP contribution in [0.1, 0.15) is 28.1 Å². The molecule has 1 aromatic heterocycles. The van der Waals surface area contributed by atoms with Gasteiger partial charge in [-0.25, -0.2) is 0 Å². The lowest BCUT2D eigenvalue weighted by atomic mass is 10.1. The maximum absolute atomic E-state index is 12.9. The van der Waals surface area contributed by atoms with Gasteiger partial charge < -0.3 is 9.64 Å². The monoisotopic (exact) mass is 369 g/mol. The molecule has 1 aromatic carbocycles. The third-order valence-electron chi connectivity index (χ3n) is 3.83. The van der Waals surface area contributed by atoms with E-state index in [1.807, 2.05) is 22.4 Å². The molecule has 1 fully saturated rings. The van der Waals surface area contributed by atoms with Gasteiger partial charge in [-0.3, -0.25) is 4.79 Å². The Bertz CT molecular complexity index is 669. The molecule has 0 bridgehead atoms. The average molecular weight is 370 g/mol.